The molecule has 0 saturated carbocycles. The van der Waals surface area contributed by atoms with Gasteiger partial charge in [0, 0.05) is 19.7 Å². The first-order valence-corrected chi connectivity index (χ1v) is 5.28. The van der Waals surface area contributed by atoms with E-state index in [4.69, 9.17) is 4.74 Å². The molecule has 0 aromatic rings. The van der Waals surface area contributed by atoms with Gasteiger partial charge in [-0.3, -0.25) is 4.79 Å². The highest BCUT2D eigenvalue weighted by Gasteiger charge is 2.10. The summed E-state index contributed by atoms with van der Waals surface area (Å²) in [4.78, 5) is 13.2. The minimum absolute atomic E-state index is 0.156. The first kappa shape index (κ1) is 13.4. The molecule has 0 aliphatic rings. The highest BCUT2D eigenvalue weighted by molar-refractivity contribution is 5.76. The molecule has 3 heteroatoms. The lowest BCUT2D eigenvalue weighted by atomic mass is 10.2. The van der Waals surface area contributed by atoms with Gasteiger partial charge in [-0.1, -0.05) is 13.8 Å². The quantitative estimate of drug-likeness (QED) is 0.614. The van der Waals surface area contributed by atoms with Crippen molar-refractivity contribution in [1.82, 2.24) is 4.90 Å². The van der Waals surface area contributed by atoms with Crippen molar-refractivity contribution in [2.75, 3.05) is 20.3 Å². The lowest BCUT2D eigenvalue weighted by Crippen LogP contribution is -2.33. The Balaban J connectivity index is 3.54. The fraction of sp³-hybridized carbons (Fsp3) is 0.909. The lowest BCUT2D eigenvalue weighted by Gasteiger charge is -2.21. The second-order valence-corrected chi connectivity index (χ2v) is 4.32. The van der Waals surface area contributed by atoms with E-state index < -0.39 is 0 Å². The molecule has 0 N–H and O–H groups in total. The number of ether oxygens (including phenoxy) is 1. The van der Waals surface area contributed by atoms with Gasteiger partial charge >= 0.3 is 0 Å². The Labute approximate surface area is 87.4 Å². The summed E-state index contributed by atoms with van der Waals surface area (Å²) in [5, 5.41) is 0. The highest BCUT2D eigenvalue weighted by Crippen LogP contribution is 1.99. The van der Waals surface area contributed by atoms with Crippen LogP contribution in [0.25, 0.3) is 0 Å². The maximum absolute atomic E-state index is 11.5. The third kappa shape index (κ3) is 5.97. The zero-order chi connectivity index (χ0) is 11.1. The summed E-state index contributed by atoms with van der Waals surface area (Å²) in [5.74, 6) is 0.691. The van der Waals surface area contributed by atoms with Crippen LogP contribution >= 0.6 is 0 Å². The van der Waals surface area contributed by atoms with E-state index in [1.54, 1.807) is 4.90 Å². The largest absolute Gasteiger partial charge is 0.381 e. The fourth-order valence-electron chi connectivity index (χ4n) is 0.943. The fourth-order valence-corrected chi connectivity index (χ4v) is 0.943. The van der Waals surface area contributed by atoms with Crippen molar-refractivity contribution in [3.63, 3.8) is 0 Å². The second kappa shape index (κ2) is 6.82. The van der Waals surface area contributed by atoms with Crippen LogP contribution in [-0.2, 0) is 9.53 Å². The minimum Gasteiger partial charge on any atom is -0.381 e. The van der Waals surface area contributed by atoms with E-state index in [1.165, 1.54) is 0 Å². The number of carbonyl (C=O) groups excluding carboxylic acids is 1. The van der Waals surface area contributed by atoms with Crippen LogP contribution in [0.3, 0.4) is 0 Å². The van der Waals surface area contributed by atoms with E-state index in [0.29, 0.717) is 18.9 Å². The minimum atomic E-state index is 0.156. The van der Waals surface area contributed by atoms with Gasteiger partial charge in [-0.2, -0.15) is 0 Å². The monoisotopic (exact) mass is 201 g/mol. The average Bonchev–Trinajstić information content (AvgIpc) is 2.10. The van der Waals surface area contributed by atoms with Crippen molar-refractivity contribution >= 4 is 5.91 Å². The molecule has 1 amide bonds. The van der Waals surface area contributed by atoms with Gasteiger partial charge in [-0.05, 0) is 19.8 Å². The molecule has 0 rings (SSSR count). The first-order chi connectivity index (χ1) is 6.45. The molecule has 0 spiro atoms. The van der Waals surface area contributed by atoms with Crippen molar-refractivity contribution in [3.8, 4) is 0 Å². The van der Waals surface area contributed by atoms with Crippen LogP contribution in [0, 0.1) is 5.92 Å². The zero-order valence-corrected chi connectivity index (χ0v) is 10.0. The van der Waals surface area contributed by atoms with Gasteiger partial charge in [0.1, 0.15) is 0 Å². The Hall–Kier alpha value is -0.570. The zero-order valence-electron chi connectivity index (χ0n) is 10.0. The van der Waals surface area contributed by atoms with Gasteiger partial charge in [-0.25, -0.2) is 0 Å². The first-order valence-electron chi connectivity index (χ1n) is 5.28. The van der Waals surface area contributed by atoms with Gasteiger partial charge in [0.2, 0.25) is 5.91 Å². The molecule has 0 saturated heterocycles. The molecule has 0 aliphatic carbocycles. The van der Waals surface area contributed by atoms with E-state index in [-0.39, 0.29) is 11.9 Å². The Morgan fingerprint density at radius 3 is 2.29 bits per heavy atom. The topological polar surface area (TPSA) is 29.5 Å². The van der Waals surface area contributed by atoms with Crippen LogP contribution in [0.1, 0.15) is 34.1 Å². The van der Waals surface area contributed by atoms with Crippen LogP contribution in [0.15, 0.2) is 0 Å². The summed E-state index contributed by atoms with van der Waals surface area (Å²) in [5.41, 5.74) is 0. The Morgan fingerprint density at radius 2 is 1.86 bits per heavy atom. The third-order valence-corrected chi connectivity index (χ3v) is 2.08. The van der Waals surface area contributed by atoms with Gasteiger partial charge in [0.15, 0.2) is 0 Å². The van der Waals surface area contributed by atoms with Gasteiger partial charge in [-0.15, -0.1) is 0 Å². The average molecular weight is 201 g/mol. The van der Waals surface area contributed by atoms with E-state index in [9.17, 15) is 4.79 Å². The van der Waals surface area contributed by atoms with Crippen molar-refractivity contribution in [3.05, 3.63) is 0 Å². The lowest BCUT2D eigenvalue weighted by molar-refractivity contribution is -0.132. The molecular weight excluding hydrogens is 178 g/mol. The van der Waals surface area contributed by atoms with Crippen molar-refractivity contribution in [2.45, 2.75) is 40.2 Å². The number of nitrogens with zero attached hydrogens (tertiary/aromatic N) is 1. The molecule has 0 aromatic carbocycles. The SMILES string of the molecule is CC(C)COCCC(=O)N(C)C(C)C. The summed E-state index contributed by atoms with van der Waals surface area (Å²) >= 11 is 0. The second-order valence-electron chi connectivity index (χ2n) is 4.32. The third-order valence-electron chi connectivity index (χ3n) is 2.08. The van der Waals surface area contributed by atoms with Gasteiger partial charge < -0.3 is 9.64 Å². The molecule has 84 valence electrons. The van der Waals surface area contributed by atoms with Crippen LogP contribution in [0.5, 0.6) is 0 Å². The Bertz CT molecular complexity index is 167. The Kier molecular flexibility index (Phi) is 6.54. The smallest absolute Gasteiger partial charge is 0.224 e. The van der Waals surface area contributed by atoms with E-state index in [2.05, 4.69) is 13.8 Å². The standard InChI is InChI=1S/C11H23NO2/c1-9(2)8-14-7-6-11(13)12(5)10(3)4/h9-10H,6-8H2,1-5H3. The van der Waals surface area contributed by atoms with Gasteiger partial charge in [0.25, 0.3) is 0 Å². The number of rotatable bonds is 6. The number of amides is 1. The molecular formula is C11H23NO2. The van der Waals surface area contributed by atoms with Crippen molar-refractivity contribution < 1.29 is 9.53 Å². The van der Waals surface area contributed by atoms with Crippen LogP contribution < -0.4 is 0 Å². The van der Waals surface area contributed by atoms with E-state index in [1.807, 2.05) is 20.9 Å². The summed E-state index contributed by atoms with van der Waals surface area (Å²) in [7, 11) is 1.83. The molecule has 0 radical (unpaired) electrons. The molecule has 0 aromatic heterocycles. The number of hydrogen-bond donors (Lipinski definition) is 0. The molecule has 0 aliphatic heterocycles. The number of hydrogen-bond acceptors (Lipinski definition) is 2. The molecule has 14 heavy (non-hydrogen) atoms. The summed E-state index contributed by atoms with van der Waals surface area (Å²) in [6, 6.07) is 0.271. The summed E-state index contributed by atoms with van der Waals surface area (Å²) < 4.78 is 5.35. The maximum Gasteiger partial charge on any atom is 0.224 e. The molecule has 3 nitrogen and oxygen atoms in total. The molecule has 0 heterocycles. The predicted octanol–water partition coefficient (Wildman–Crippen LogP) is 1.92. The molecule has 0 fully saturated rings. The molecule has 0 atom stereocenters. The van der Waals surface area contributed by atoms with Crippen LogP contribution in [0.4, 0.5) is 0 Å². The molecule has 0 unspecified atom stereocenters. The van der Waals surface area contributed by atoms with Crippen LogP contribution in [0.2, 0.25) is 0 Å². The van der Waals surface area contributed by atoms with Crippen LogP contribution in [-0.4, -0.2) is 37.1 Å². The van der Waals surface area contributed by atoms with E-state index in [0.717, 1.165) is 6.61 Å². The highest BCUT2D eigenvalue weighted by atomic mass is 16.5. The maximum atomic E-state index is 11.5. The predicted molar refractivity (Wildman–Crippen MR) is 58.2 cm³/mol. The van der Waals surface area contributed by atoms with Crippen molar-refractivity contribution in [1.29, 1.82) is 0 Å². The summed E-state index contributed by atoms with van der Waals surface area (Å²) in [6.07, 6.45) is 0.487. The molecule has 0 bridgehead atoms. The van der Waals surface area contributed by atoms with Gasteiger partial charge in [0.05, 0.1) is 13.0 Å². The number of carbonyl (C=O) groups is 1. The Morgan fingerprint density at radius 1 is 1.29 bits per heavy atom. The van der Waals surface area contributed by atoms with E-state index >= 15 is 0 Å². The summed E-state index contributed by atoms with van der Waals surface area (Å²) in [6.45, 7) is 9.48. The van der Waals surface area contributed by atoms with Crippen molar-refractivity contribution in [2.24, 2.45) is 5.92 Å². The normalized spacial score (nSPS) is 11.1.